The van der Waals surface area contributed by atoms with E-state index in [1.54, 1.807) is 0 Å². The van der Waals surface area contributed by atoms with Gasteiger partial charge in [-0.15, -0.1) is 0 Å². The SMILES string of the molecule is C[C@@H](C(=O)N1CCNC1=O)N(C)Cc1ccc(C(C)(C)C)cc1. The summed E-state index contributed by atoms with van der Waals surface area (Å²) in [4.78, 5) is 27.3. The number of carbonyl (C=O) groups is 2. The van der Waals surface area contributed by atoms with Crippen molar-refractivity contribution in [1.29, 1.82) is 0 Å². The Balaban J connectivity index is 1.99. The maximum absolute atomic E-state index is 12.4. The normalized spacial score (nSPS) is 16.6. The lowest BCUT2D eigenvalue weighted by atomic mass is 9.87. The third-order valence-corrected chi connectivity index (χ3v) is 4.39. The fourth-order valence-electron chi connectivity index (χ4n) is 2.63. The Morgan fingerprint density at radius 2 is 1.91 bits per heavy atom. The summed E-state index contributed by atoms with van der Waals surface area (Å²) in [6, 6.07) is 7.88. The minimum atomic E-state index is -0.332. The van der Waals surface area contributed by atoms with Crippen molar-refractivity contribution < 1.29 is 9.59 Å². The van der Waals surface area contributed by atoms with Crippen LogP contribution in [0.1, 0.15) is 38.8 Å². The molecule has 3 amide bonds. The first-order valence-corrected chi connectivity index (χ1v) is 8.09. The van der Waals surface area contributed by atoms with Gasteiger partial charge in [0, 0.05) is 19.6 Å². The Labute approximate surface area is 138 Å². The molecule has 0 radical (unpaired) electrons. The van der Waals surface area contributed by atoms with Gasteiger partial charge in [-0.1, -0.05) is 45.0 Å². The first kappa shape index (κ1) is 17.5. The zero-order chi connectivity index (χ0) is 17.2. The van der Waals surface area contributed by atoms with Crippen molar-refractivity contribution in [3.8, 4) is 0 Å². The number of carbonyl (C=O) groups excluding carboxylic acids is 2. The predicted molar refractivity (Wildman–Crippen MR) is 91.2 cm³/mol. The van der Waals surface area contributed by atoms with Crippen LogP contribution in [0.4, 0.5) is 4.79 Å². The maximum atomic E-state index is 12.4. The number of hydrogen-bond acceptors (Lipinski definition) is 3. The van der Waals surface area contributed by atoms with Crippen LogP contribution in [0.2, 0.25) is 0 Å². The molecule has 1 heterocycles. The summed E-state index contributed by atoms with van der Waals surface area (Å²) in [5, 5.41) is 2.66. The average molecular weight is 317 g/mol. The summed E-state index contributed by atoms with van der Waals surface area (Å²) in [6.07, 6.45) is 0. The summed E-state index contributed by atoms with van der Waals surface area (Å²) >= 11 is 0. The molecular weight excluding hydrogens is 290 g/mol. The van der Waals surface area contributed by atoms with Crippen LogP contribution < -0.4 is 5.32 Å². The number of rotatable bonds is 4. The average Bonchev–Trinajstić information content (AvgIpc) is 2.91. The molecule has 0 bridgehead atoms. The fourth-order valence-corrected chi connectivity index (χ4v) is 2.63. The van der Waals surface area contributed by atoms with Crippen molar-refractivity contribution in [2.24, 2.45) is 0 Å². The lowest BCUT2D eigenvalue weighted by Gasteiger charge is -2.27. The van der Waals surface area contributed by atoms with Crippen molar-refractivity contribution >= 4 is 11.9 Å². The van der Waals surface area contributed by atoms with E-state index in [0.717, 1.165) is 5.56 Å². The van der Waals surface area contributed by atoms with E-state index in [2.05, 4.69) is 50.4 Å². The molecule has 0 spiro atoms. The number of amides is 3. The van der Waals surface area contributed by atoms with E-state index in [4.69, 9.17) is 0 Å². The van der Waals surface area contributed by atoms with Crippen LogP contribution in [0.15, 0.2) is 24.3 Å². The Bertz CT molecular complexity index is 575. The Hall–Kier alpha value is -1.88. The lowest BCUT2D eigenvalue weighted by Crippen LogP contribution is -2.46. The zero-order valence-electron chi connectivity index (χ0n) is 14.7. The molecule has 0 aliphatic carbocycles. The van der Waals surface area contributed by atoms with Gasteiger partial charge in [0.2, 0.25) is 5.91 Å². The topological polar surface area (TPSA) is 52.7 Å². The zero-order valence-corrected chi connectivity index (χ0v) is 14.7. The molecule has 0 aromatic heterocycles. The molecule has 126 valence electrons. The van der Waals surface area contributed by atoms with Crippen molar-refractivity contribution in [3.63, 3.8) is 0 Å². The minimum Gasteiger partial charge on any atom is -0.336 e. The molecular formula is C18H27N3O2. The number of likely N-dealkylation sites (N-methyl/N-ethyl adjacent to an activating group) is 1. The molecule has 1 aliphatic rings. The van der Waals surface area contributed by atoms with Gasteiger partial charge in [0.1, 0.15) is 0 Å². The highest BCUT2D eigenvalue weighted by molar-refractivity contribution is 5.98. The van der Waals surface area contributed by atoms with Gasteiger partial charge in [-0.2, -0.15) is 0 Å². The molecule has 2 rings (SSSR count). The fraction of sp³-hybridized carbons (Fsp3) is 0.556. The van der Waals surface area contributed by atoms with Crippen molar-refractivity contribution in [2.75, 3.05) is 20.1 Å². The predicted octanol–water partition coefficient (Wildman–Crippen LogP) is 2.36. The number of nitrogens with one attached hydrogen (secondary N) is 1. The van der Waals surface area contributed by atoms with Crippen LogP contribution in [0.3, 0.4) is 0 Å². The van der Waals surface area contributed by atoms with Gasteiger partial charge < -0.3 is 5.32 Å². The molecule has 1 atom stereocenters. The molecule has 0 unspecified atom stereocenters. The molecule has 5 heteroatoms. The molecule has 0 saturated carbocycles. The van der Waals surface area contributed by atoms with E-state index in [0.29, 0.717) is 19.6 Å². The second-order valence-electron chi connectivity index (χ2n) is 7.26. The largest absolute Gasteiger partial charge is 0.336 e. The number of hydrogen-bond donors (Lipinski definition) is 1. The second kappa shape index (κ2) is 6.71. The highest BCUT2D eigenvalue weighted by Crippen LogP contribution is 2.22. The number of benzene rings is 1. The third-order valence-electron chi connectivity index (χ3n) is 4.39. The Kier molecular flexibility index (Phi) is 5.09. The van der Waals surface area contributed by atoms with E-state index in [1.165, 1.54) is 10.5 Å². The third kappa shape index (κ3) is 4.10. The van der Waals surface area contributed by atoms with E-state index in [-0.39, 0.29) is 23.4 Å². The van der Waals surface area contributed by atoms with Crippen molar-refractivity contribution in [2.45, 2.75) is 45.7 Å². The monoisotopic (exact) mass is 317 g/mol. The smallest absolute Gasteiger partial charge is 0.324 e. The molecule has 1 saturated heterocycles. The van der Waals surface area contributed by atoms with Gasteiger partial charge in [0.15, 0.2) is 0 Å². The van der Waals surface area contributed by atoms with Crippen LogP contribution in [0.25, 0.3) is 0 Å². The van der Waals surface area contributed by atoms with E-state index in [9.17, 15) is 9.59 Å². The van der Waals surface area contributed by atoms with Gasteiger partial charge in [0.05, 0.1) is 6.04 Å². The molecule has 1 N–H and O–H groups in total. The van der Waals surface area contributed by atoms with E-state index >= 15 is 0 Å². The van der Waals surface area contributed by atoms with Crippen LogP contribution in [0.5, 0.6) is 0 Å². The molecule has 23 heavy (non-hydrogen) atoms. The molecule has 1 fully saturated rings. The first-order valence-electron chi connectivity index (χ1n) is 8.09. The quantitative estimate of drug-likeness (QED) is 0.927. The summed E-state index contributed by atoms with van der Waals surface area (Å²) in [6.45, 7) is 10.1. The number of nitrogens with zero attached hydrogens (tertiary/aromatic N) is 2. The van der Waals surface area contributed by atoms with Gasteiger partial charge in [-0.25, -0.2) is 4.79 Å². The van der Waals surface area contributed by atoms with E-state index in [1.807, 2.05) is 18.9 Å². The molecule has 1 aliphatic heterocycles. The number of urea groups is 1. The summed E-state index contributed by atoms with van der Waals surface area (Å²) < 4.78 is 0. The van der Waals surface area contributed by atoms with Gasteiger partial charge >= 0.3 is 6.03 Å². The standard InChI is InChI=1S/C18H27N3O2/c1-13(16(22)21-11-10-19-17(21)23)20(5)12-14-6-8-15(9-7-14)18(2,3)4/h6-9,13H,10-12H2,1-5H3,(H,19,23)/t13-/m0/s1. The van der Waals surface area contributed by atoms with Crippen molar-refractivity contribution in [3.05, 3.63) is 35.4 Å². The Morgan fingerprint density at radius 1 is 1.30 bits per heavy atom. The highest BCUT2D eigenvalue weighted by atomic mass is 16.2. The van der Waals surface area contributed by atoms with E-state index < -0.39 is 0 Å². The Morgan fingerprint density at radius 3 is 2.39 bits per heavy atom. The maximum Gasteiger partial charge on any atom is 0.324 e. The molecule has 1 aromatic carbocycles. The van der Waals surface area contributed by atoms with Crippen LogP contribution in [0, 0.1) is 0 Å². The summed E-state index contributed by atoms with van der Waals surface area (Å²) in [7, 11) is 1.91. The summed E-state index contributed by atoms with van der Waals surface area (Å²) in [5.74, 6) is -0.145. The van der Waals surface area contributed by atoms with Gasteiger partial charge in [-0.05, 0) is 30.5 Å². The molecule has 1 aromatic rings. The van der Waals surface area contributed by atoms with Gasteiger partial charge in [0.25, 0.3) is 0 Å². The molecule has 5 nitrogen and oxygen atoms in total. The van der Waals surface area contributed by atoms with Crippen molar-refractivity contribution in [1.82, 2.24) is 15.1 Å². The van der Waals surface area contributed by atoms with Crippen LogP contribution >= 0.6 is 0 Å². The van der Waals surface area contributed by atoms with Gasteiger partial charge in [-0.3, -0.25) is 14.6 Å². The van der Waals surface area contributed by atoms with Crippen LogP contribution in [-0.4, -0.2) is 47.9 Å². The second-order valence-corrected chi connectivity index (χ2v) is 7.26. The lowest BCUT2D eigenvalue weighted by molar-refractivity contribution is -0.132. The van der Waals surface area contributed by atoms with Crippen LogP contribution in [-0.2, 0) is 16.8 Å². The summed E-state index contributed by atoms with van der Waals surface area (Å²) in [5.41, 5.74) is 2.59. The first-order chi connectivity index (χ1) is 10.7. The minimum absolute atomic E-state index is 0.136. The number of imide groups is 1. The highest BCUT2D eigenvalue weighted by Gasteiger charge is 2.31.